The molecule has 0 bridgehead atoms. The Morgan fingerprint density at radius 3 is 2.32 bits per heavy atom. The summed E-state index contributed by atoms with van der Waals surface area (Å²) in [5.41, 5.74) is 2.73. The van der Waals surface area contributed by atoms with Gasteiger partial charge in [0.05, 0.1) is 29.2 Å². The van der Waals surface area contributed by atoms with Crippen molar-refractivity contribution in [2.24, 2.45) is 5.10 Å². The molecule has 0 unspecified atom stereocenters. The molecule has 3 aromatic carbocycles. The number of nitro benzene ring substituents is 2. The zero-order valence-electron chi connectivity index (χ0n) is 19.3. The van der Waals surface area contributed by atoms with Crippen molar-refractivity contribution in [1.82, 2.24) is 5.43 Å². The van der Waals surface area contributed by atoms with Crippen molar-refractivity contribution < 1.29 is 28.9 Å². The van der Waals surface area contributed by atoms with E-state index < -0.39 is 33.0 Å². The number of nitrogens with one attached hydrogen (secondary N) is 2. The van der Waals surface area contributed by atoms with E-state index in [0.717, 1.165) is 28.2 Å². The van der Waals surface area contributed by atoms with Crippen LogP contribution in [0.1, 0.15) is 11.1 Å². The first-order chi connectivity index (χ1) is 17.6. The second-order valence-corrected chi connectivity index (χ2v) is 8.21. The van der Waals surface area contributed by atoms with Crippen molar-refractivity contribution in [3.05, 3.63) is 90.4 Å². The number of amides is 2. The molecule has 190 valence electrons. The van der Waals surface area contributed by atoms with Gasteiger partial charge in [-0.1, -0.05) is 15.9 Å². The molecule has 0 fully saturated rings. The Kier molecular flexibility index (Phi) is 8.47. The van der Waals surface area contributed by atoms with E-state index >= 15 is 0 Å². The molecule has 14 heteroatoms. The molecule has 3 rings (SSSR count). The van der Waals surface area contributed by atoms with Gasteiger partial charge in [-0.2, -0.15) is 5.10 Å². The Morgan fingerprint density at radius 2 is 1.68 bits per heavy atom. The van der Waals surface area contributed by atoms with Crippen LogP contribution in [0.5, 0.6) is 17.2 Å². The minimum absolute atomic E-state index is 0.0879. The van der Waals surface area contributed by atoms with Gasteiger partial charge in [0.1, 0.15) is 0 Å². The fourth-order valence-corrected chi connectivity index (χ4v) is 3.45. The first kappa shape index (κ1) is 26.7. The maximum Gasteiger partial charge on any atom is 0.329 e. The zero-order chi connectivity index (χ0) is 27.1. The summed E-state index contributed by atoms with van der Waals surface area (Å²) in [6.45, 7) is 1.77. The highest BCUT2D eigenvalue weighted by molar-refractivity contribution is 9.10. The number of benzene rings is 3. The van der Waals surface area contributed by atoms with Gasteiger partial charge in [0, 0.05) is 16.2 Å². The number of hydrazone groups is 1. The van der Waals surface area contributed by atoms with Crippen molar-refractivity contribution in [3.63, 3.8) is 0 Å². The van der Waals surface area contributed by atoms with Crippen LogP contribution in [-0.4, -0.2) is 35.0 Å². The lowest BCUT2D eigenvalue weighted by atomic mass is 10.2. The first-order valence-electron chi connectivity index (χ1n) is 10.3. The summed E-state index contributed by atoms with van der Waals surface area (Å²) in [6.07, 6.45) is 1.25. The van der Waals surface area contributed by atoms with Crippen LogP contribution >= 0.6 is 15.9 Å². The molecule has 0 radical (unpaired) electrons. The molecule has 0 spiro atoms. The third-order valence-electron chi connectivity index (χ3n) is 4.78. The average molecular weight is 572 g/mol. The monoisotopic (exact) mass is 571 g/mol. The lowest BCUT2D eigenvalue weighted by molar-refractivity contribution is -0.394. The van der Waals surface area contributed by atoms with Crippen LogP contribution in [0, 0.1) is 27.2 Å². The SMILES string of the molecule is COc1cc(/C=N/NC(=O)C(=O)Nc2ccc(Br)cc2C)ccc1Oc1ccc([N+](=O)[O-])cc1[N+](=O)[O-]. The molecule has 13 nitrogen and oxygen atoms in total. The summed E-state index contributed by atoms with van der Waals surface area (Å²) in [5, 5.41) is 28.5. The number of non-ortho nitro benzene ring substituents is 1. The van der Waals surface area contributed by atoms with Crippen LogP contribution in [-0.2, 0) is 9.59 Å². The molecule has 0 atom stereocenters. The number of aryl methyl sites for hydroxylation is 1. The number of halogens is 1. The van der Waals surface area contributed by atoms with Gasteiger partial charge in [-0.05, 0) is 60.5 Å². The fraction of sp³-hybridized carbons (Fsp3) is 0.0870. The number of carbonyl (C=O) groups is 2. The molecule has 0 aromatic heterocycles. The van der Waals surface area contributed by atoms with E-state index in [2.05, 4.69) is 31.8 Å². The summed E-state index contributed by atoms with van der Waals surface area (Å²) >= 11 is 3.32. The molecule has 37 heavy (non-hydrogen) atoms. The highest BCUT2D eigenvalue weighted by atomic mass is 79.9. The van der Waals surface area contributed by atoms with Crippen molar-refractivity contribution in [2.45, 2.75) is 6.92 Å². The number of methoxy groups -OCH3 is 1. The molecular weight excluding hydrogens is 554 g/mol. The number of rotatable bonds is 8. The van der Waals surface area contributed by atoms with E-state index in [9.17, 15) is 29.8 Å². The Labute approximate surface area is 217 Å². The zero-order valence-corrected chi connectivity index (χ0v) is 20.8. The summed E-state index contributed by atoms with van der Waals surface area (Å²) in [5.74, 6) is -1.88. The quantitative estimate of drug-likeness (QED) is 0.172. The molecule has 3 aromatic rings. The Balaban J connectivity index is 1.69. The van der Waals surface area contributed by atoms with E-state index in [1.54, 1.807) is 25.1 Å². The Hall–Kier alpha value is -4.85. The molecule has 2 amide bonds. The molecule has 0 aliphatic rings. The average Bonchev–Trinajstić information content (AvgIpc) is 2.86. The lowest BCUT2D eigenvalue weighted by Gasteiger charge is -2.11. The van der Waals surface area contributed by atoms with Crippen LogP contribution in [0.3, 0.4) is 0 Å². The van der Waals surface area contributed by atoms with Crippen molar-refractivity contribution in [2.75, 3.05) is 12.4 Å². The minimum atomic E-state index is -0.990. The van der Waals surface area contributed by atoms with E-state index in [1.165, 1.54) is 31.5 Å². The maximum atomic E-state index is 12.1. The molecule has 0 saturated heterocycles. The van der Waals surface area contributed by atoms with Crippen LogP contribution in [0.2, 0.25) is 0 Å². The predicted octanol–water partition coefficient (Wildman–Crippen LogP) is 4.46. The summed E-state index contributed by atoms with van der Waals surface area (Å²) in [6, 6.07) is 12.5. The van der Waals surface area contributed by atoms with Crippen molar-refractivity contribution in [1.29, 1.82) is 0 Å². The number of ether oxygens (including phenoxy) is 2. The summed E-state index contributed by atoms with van der Waals surface area (Å²) in [4.78, 5) is 44.9. The Morgan fingerprint density at radius 1 is 0.946 bits per heavy atom. The van der Waals surface area contributed by atoms with Crippen LogP contribution < -0.4 is 20.2 Å². The number of hydrogen-bond acceptors (Lipinski definition) is 9. The predicted molar refractivity (Wildman–Crippen MR) is 136 cm³/mol. The number of nitrogens with zero attached hydrogens (tertiary/aromatic N) is 3. The second-order valence-electron chi connectivity index (χ2n) is 7.29. The topological polar surface area (TPSA) is 175 Å². The third-order valence-corrected chi connectivity index (χ3v) is 5.27. The maximum absolute atomic E-state index is 12.1. The highest BCUT2D eigenvalue weighted by Crippen LogP contribution is 2.38. The molecule has 2 N–H and O–H groups in total. The molecule has 0 aliphatic heterocycles. The van der Waals surface area contributed by atoms with Crippen molar-refractivity contribution >= 4 is 51.0 Å². The molecule has 0 heterocycles. The van der Waals surface area contributed by atoms with Crippen molar-refractivity contribution in [3.8, 4) is 17.2 Å². The number of anilines is 1. The van der Waals surface area contributed by atoms with Crippen LogP contribution in [0.4, 0.5) is 17.1 Å². The van der Waals surface area contributed by atoms with Gasteiger partial charge in [-0.3, -0.25) is 29.8 Å². The molecule has 0 saturated carbocycles. The van der Waals surface area contributed by atoms with Gasteiger partial charge < -0.3 is 14.8 Å². The molecular formula is C23H18BrN5O8. The van der Waals surface area contributed by atoms with Gasteiger partial charge in [-0.25, -0.2) is 5.43 Å². The van der Waals surface area contributed by atoms with E-state index in [4.69, 9.17) is 9.47 Å². The molecule has 0 aliphatic carbocycles. The van der Waals surface area contributed by atoms with E-state index in [1.807, 2.05) is 0 Å². The van der Waals surface area contributed by atoms with E-state index in [0.29, 0.717) is 11.3 Å². The second kappa shape index (κ2) is 11.7. The van der Waals surface area contributed by atoms with Gasteiger partial charge in [-0.15, -0.1) is 0 Å². The van der Waals surface area contributed by atoms with Crippen LogP contribution in [0.15, 0.2) is 64.2 Å². The lowest BCUT2D eigenvalue weighted by Crippen LogP contribution is -2.32. The minimum Gasteiger partial charge on any atom is -0.493 e. The smallest absolute Gasteiger partial charge is 0.329 e. The van der Waals surface area contributed by atoms with Gasteiger partial charge in [0.25, 0.3) is 5.69 Å². The summed E-state index contributed by atoms with van der Waals surface area (Å²) in [7, 11) is 1.34. The third kappa shape index (κ3) is 6.85. The first-order valence-corrected chi connectivity index (χ1v) is 11.1. The van der Waals surface area contributed by atoms with Gasteiger partial charge >= 0.3 is 17.5 Å². The highest BCUT2D eigenvalue weighted by Gasteiger charge is 2.22. The number of nitro groups is 2. The van der Waals surface area contributed by atoms with Gasteiger partial charge in [0.2, 0.25) is 5.75 Å². The fourth-order valence-electron chi connectivity index (χ4n) is 2.98. The normalized spacial score (nSPS) is 10.6. The Bertz CT molecular complexity index is 1430. The standard InChI is InChI=1S/C23H18BrN5O8/c1-13-9-15(24)4-6-17(13)26-22(30)23(31)27-25-12-14-3-7-20(21(10-14)36-2)37-19-8-5-16(28(32)33)11-18(19)29(34)35/h3-12H,1-2H3,(H,26,30)(H,27,31)/b25-12+. The number of carbonyl (C=O) groups excluding carboxylic acids is 2. The largest absolute Gasteiger partial charge is 0.493 e. The number of hydrogen-bond donors (Lipinski definition) is 2. The van der Waals surface area contributed by atoms with Gasteiger partial charge in [0.15, 0.2) is 11.5 Å². The summed E-state index contributed by atoms with van der Waals surface area (Å²) < 4.78 is 11.7. The van der Waals surface area contributed by atoms with E-state index in [-0.39, 0.29) is 17.2 Å². The van der Waals surface area contributed by atoms with Crippen LogP contribution in [0.25, 0.3) is 0 Å².